The third-order valence-electron chi connectivity index (χ3n) is 11.6. The number of allylic oxidation sites excluding steroid dienone is 2. The second kappa shape index (κ2) is 12.8. The lowest BCUT2D eigenvalue weighted by Gasteiger charge is -2.49. The number of carbonyl (C=O) groups is 4. The average molecular weight is 710 g/mol. The van der Waals surface area contributed by atoms with Crippen LogP contribution in [-0.4, -0.2) is 49.9 Å². The van der Waals surface area contributed by atoms with Crippen LogP contribution in [-0.2, 0) is 19.2 Å². The quantitative estimate of drug-likeness (QED) is 0.121. The van der Waals surface area contributed by atoms with Crippen molar-refractivity contribution < 1.29 is 29.0 Å². The average Bonchev–Trinajstić information content (AvgIpc) is 3.54. The van der Waals surface area contributed by atoms with Gasteiger partial charge in [0.1, 0.15) is 11.5 Å². The lowest BCUT2D eigenvalue weighted by Crippen LogP contribution is -2.49. The van der Waals surface area contributed by atoms with E-state index in [1.54, 1.807) is 54.6 Å². The molecule has 11 heteroatoms. The Bertz CT molecular complexity index is 2200. The van der Waals surface area contributed by atoms with E-state index in [0.717, 1.165) is 11.3 Å². The van der Waals surface area contributed by atoms with Gasteiger partial charge in [-0.2, -0.15) is 10.2 Å². The standard InChI is InChI=1S/C42H39N5O6/c1-42-34(39(50)47(41(42)52)27-8-6-5-7-9-27)23-33-30(37(42)31-19-18-29(48)22-35(31)53-4)20-21-32-36(33)40(51)46(38(32)49)28-16-12-25(13-17-28)44-43-24-10-14-26(15-11-24)45(2)3/h5-20,22,32-34,36-37,48H,21,23H2,1-4H3/t32-,33+,34-,36-,37+,42+/m0/s1. The minimum atomic E-state index is -1.23. The topological polar surface area (TPSA) is 132 Å². The molecule has 2 heterocycles. The molecule has 268 valence electrons. The van der Waals surface area contributed by atoms with Gasteiger partial charge in [-0.05, 0) is 92.4 Å². The molecule has 1 N–H and O–H groups in total. The van der Waals surface area contributed by atoms with Gasteiger partial charge < -0.3 is 14.7 Å². The minimum Gasteiger partial charge on any atom is -0.508 e. The molecule has 0 radical (unpaired) electrons. The van der Waals surface area contributed by atoms with Gasteiger partial charge in [0.05, 0.1) is 53.0 Å². The van der Waals surface area contributed by atoms with Crippen molar-refractivity contribution in [3.63, 3.8) is 0 Å². The molecule has 0 spiro atoms. The van der Waals surface area contributed by atoms with Crippen molar-refractivity contribution in [2.24, 2.45) is 39.3 Å². The zero-order valence-electron chi connectivity index (χ0n) is 29.8. The number of hydrogen-bond acceptors (Lipinski definition) is 9. The number of amides is 4. The maximum absolute atomic E-state index is 14.6. The smallest absolute Gasteiger partial charge is 0.241 e. The Balaban J connectivity index is 1.14. The first-order valence-electron chi connectivity index (χ1n) is 17.7. The molecule has 4 aromatic carbocycles. The summed E-state index contributed by atoms with van der Waals surface area (Å²) in [5, 5.41) is 19.0. The van der Waals surface area contributed by atoms with Crippen molar-refractivity contribution in [2.45, 2.75) is 25.7 Å². The maximum Gasteiger partial charge on any atom is 0.241 e. The number of azo groups is 1. The molecular weight excluding hydrogens is 670 g/mol. The van der Waals surface area contributed by atoms with Gasteiger partial charge in [0.15, 0.2) is 0 Å². The SMILES string of the molecule is COc1cc(O)ccc1[C@H]1C2=CC[C@@H]3C(=O)N(c4ccc(N=Nc5ccc(N(C)C)cc5)cc4)C(=O)[C@@H]3[C@@H]2C[C@H]2C(=O)N(c3ccccc3)C(=O)[C@@]12C. The Morgan fingerprint density at radius 1 is 0.774 bits per heavy atom. The normalized spacial score (nSPS) is 26.4. The highest BCUT2D eigenvalue weighted by molar-refractivity contribution is 6.25. The van der Waals surface area contributed by atoms with Crippen LogP contribution >= 0.6 is 0 Å². The largest absolute Gasteiger partial charge is 0.508 e. The van der Waals surface area contributed by atoms with Crippen LogP contribution < -0.4 is 19.4 Å². The number of ether oxygens (including phenoxy) is 1. The summed E-state index contributed by atoms with van der Waals surface area (Å²) in [4.78, 5) is 62.1. The summed E-state index contributed by atoms with van der Waals surface area (Å²) in [5.41, 5.74) is 3.46. The van der Waals surface area contributed by atoms with Crippen LogP contribution in [0, 0.1) is 29.1 Å². The predicted molar refractivity (Wildman–Crippen MR) is 200 cm³/mol. The number of rotatable bonds is 7. The number of phenols is 1. The summed E-state index contributed by atoms with van der Waals surface area (Å²) in [6.45, 7) is 1.83. The van der Waals surface area contributed by atoms with E-state index in [-0.39, 0.29) is 35.8 Å². The number of anilines is 3. The zero-order chi connectivity index (χ0) is 37.2. The van der Waals surface area contributed by atoms with Gasteiger partial charge in [0.2, 0.25) is 23.6 Å². The fraction of sp³-hybridized carbons (Fsp3) is 0.286. The Morgan fingerprint density at radius 2 is 1.42 bits per heavy atom. The highest BCUT2D eigenvalue weighted by Gasteiger charge is 2.68. The molecule has 2 saturated heterocycles. The first-order valence-corrected chi connectivity index (χ1v) is 17.7. The number of para-hydroxylation sites is 1. The number of nitrogens with zero attached hydrogens (tertiary/aromatic N) is 5. The molecule has 2 aliphatic heterocycles. The van der Waals surface area contributed by atoms with Crippen LogP contribution in [0.25, 0.3) is 0 Å². The van der Waals surface area contributed by atoms with Crippen LogP contribution in [0.15, 0.2) is 119 Å². The minimum absolute atomic E-state index is 0.00421. The van der Waals surface area contributed by atoms with Crippen molar-refractivity contribution in [1.29, 1.82) is 0 Å². The van der Waals surface area contributed by atoms with E-state index < -0.39 is 35.0 Å². The molecule has 2 aliphatic carbocycles. The second-order valence-corrected chi connectivity index (χ2v) is 14.6. The van der Waals surface area contributed by atoms with Crippen LogP contribution in [0.1, 0.15) is 31.2 Å². The van der Waals surface area contributed by atoms with Gasteiger partial charge in [0, 0.05) is 37.3 Å². The van der Waals surface area contributed by atoms with Gasteiger partial charge in [-0.3, -0.25) is 24.1 Å². The number of methoxy groups -OCH3 is 1. The van der Waals surface area contributed by atoms with E-state index in [2.05, 4.69) is 10.2 Å². The van der Waals surface area contributed by atoms with E-state index in [9.17, 15) is 24.3 Å². The molecule has 6 atom stereocenters. The van der Waals surface area contributed by atoms with Gasteiger partial charge >= 0.3 is 0 Å². The Morgan fingerprint density at radius 3 is 2.06 bits per heavy atom. The maximum atomic E-state index is 14.6. The molecule has 0 unspecified atom stereocenters. The van der Waals surface area contributed by atoms with Crippen LogP contribution in [0.4, 0.5) is 28.4 Å². The van der Waals surface area contributed by atoms with E-state index in [0.29, 0.717) is 40.5 Å². The number of benzene rings is 4. The van der Waals surface area contributed by atoms with Crippen molar-refractivity contribution in [3.8, 4) is 11.5 Å². The molecule has 0 aromatic heterocycles. The summed E-state index contributed by atoms with van der Waals surface area (Å²) in [6.07, 6.45) is 2.53. The van der Waals surface area contributed by atoms with Gasteiger partial charge in [-0.15, -0.1) is 0 Å². The van der Waals surface area contributed by atoms with Crippen molar-refractivity contribution in [1.82, 2.24) is 0 Å². The van der Waals surface area contributed by atoms with Crippen molar-refractivity contribution >= 4 is 52.1 Å². The Kier molecular flexibility index (Phi) is 8.24. The summed E-state index contributed by atoms with van der Waals surface area (Å²) in [6, 6.07) is 28.1. The highest BCUT2D eigenvalue weighted by atomic mass is 16.5. The molecule has 0 bridgehead atoms. The number of imide groups is 2. The fourth-order valence-corrected chi connectivity index (χ4v) is 8.98. The highest BCUT2D eigenvalue weighted by Crippen LogP contribution is 2.64. The molecule has 1 saturated carbocycles. The molecule has 53 heavy (non-hydrogen) atoms. The number of fused-ring (bicyclic) bond motifs is 4. The number of carbonyl (C=O) groups excluding carboxylic acids is 4. The first kappa shape index (κ1) is 34.0. The lowest BCUT2D eigenvalue weighted by molar-refractivity contribution is -0.131. The molecular formula is C42H39N5O6. The fourth-order valence-electron chi connectivity index (χ4n) is 8.98. The molecule has 4 amide bonds. The van der Waals surface area contributed by atoms with Gasteiger partial charge in [0.25, 0.3) is 0 Å². The lowest BCUT2D eigenvalue weighted by atomic mass is 9.51. The summed E-state index contributed by atoms with van der Waals surface area (Å²) < 4.78 is 5.75. The molecule has 3 fully saturated rings. The van der Waals surface area contributed by atoms with E-state index in [1.165, 1.54) is 29.0 Å². The summed E-state index contributed by atoms with van der Waals surface area (Å²) in [5.74, 6) is -4.20. The molecule has 4 aromatic rings. The number of phenolic OH excluding ortho intramolecular Hbond substituents is 1. The first-order chi connectivity index (χ1) is 25.5. The van der Waals surface area contributed by atoms with Gasteiger partial charge in [-0.25, -0.2) is 4.90 Å². The predicted octanol–water partition coefficient (Wildman–Crippen LogP) is 7.32. The Hall–Kier alpha value is -6.10. The zero-order valence-corrected chi connectivity index (χ0v) is 29.8. The van der Waals surface area contributed by atoms with Crippen LogP contribution in [0.3, 0.4) is 0 Å². The van der Waals surface area contributed by atoms with E-state index >= 15 is 0 Å². The monoisotopic (exact) mass is 709 g/mol. The van der Waals surface area contributed by atoms with Crippen LogP contribution in [0.2, 0.25) is 0 Å². The van der Waals surface area contributed by atoms with Crippen molar-refractivity contribution in [3.05, 3.63) is 114 Å². The third kappa shape index (κ3) is 5.32. The number of hydrogen-bond donors (Lipinski definition) is 1. The molecule has 8 rings (SSSR count). The van der Waals surface area contributed by atoms with Crippen molar-refractivity contribution in [2.75, 3.05) is 35.9 Å². The van der Waals surface area contributed by atoms with E-state index in [1.807, 2.05) is 62.3 Å². The summed E-state index contributed by atoms with van der Waals surface area (Å²) in [7, 11) is 5.42. The van der Waals surface area contributed by atoms with E-state index in [4.69, 9.17) is 4.74 Å². The van der Waals surface area contributed by atoms with Crippen LogP contribution in [0.5, 0.6) is 11.5 Å². The number of aromatic hydroxyl groups is 1. The Labute approximate surface area is 307 Å². The molecule has 11 nitrogen and oxygen atoms in total. The van der Waals surface area contributed by atoms with Gasteiger partial charge in [-0.1, -0.05) is 35.9 Å². The third-order valence-corrected chi connectivity index (χ3v) is 11.6. The second-order valence-electron chi connectivity index (χ2n) is 14.6. The molecule has 4 aliphatic rings. The summed E-state index contributed by atoms with van der Waals surface area (Å²) >= 11 is 0.